The molecule has 7 nitrogen and oxygen atoms in total. The third-order valence-electron chi connectivity index (χ3n) is 5.52. The summed E-state index contributed by atoms with van der Waals surface area (Å²) in [6, 6.07) is 2.84. The highest BCUT2D eigenvalue weighted by molar-refractivity contribution is 7.88. The summed E-state index contributed by atoms with van der Waals surface area (Å²) in [5, 5.41) is 21.2. The molecule has 2 aliphatic rings. The first-order valence-electron chi connectivity index (χ1n) is 9.25. The number of β-amino-alcohol motifs (C(OH)–C–C–N with tert-alkyl or cyclic N) is 1. The van der Waals surface area contributed by atoms with Gasteiger partial charge in [-0.1, -0.05) is 0 Å². The Bertz CT molecular complexity index is 781. The SMILES string of the molecule is CS(=O)(=O)N1CCC(N2CC[C@H](O)[C@@](O)(COc3cc(F)cc(F)c3)C2)CC1. The summed E-state index contributed by atoms with van der Waals surface area (Å²) in [5.74, 6) is -1.63. The van der Waals surface area contributed by atoms with Gasteiger partial charge >= 0.3 is 0 Å². The molecule has 0 saturated carbocycles. The molecule has 0 aliphatic carbocycles. The van der Waals surface area contributed by atoms with Crippen LogP contribution in [0.15, 0.2) is 18.2 Å². The Morgan fingerprint density at radius 1 is 1.14 bits per heavy atom. The van der Waals surface area contributed by atoms with Gasteiger partial charge in [0.1, 0.15) is 29.6 Å². The second-order valence-corrected chi connectivity index (χ2v) is 9.65. The topological polar surface area (TPSA) is 90.3 Å². The lowest BCUT2D eigenvalue weighted by Crippen LogP contribution is -2.62. The van der Waals surface area contributed by atoms with Gasteiger partial charge in [-0.2, -0.15) is 0 Å². The van der Waals surface area contributed by atoms with Crippen molar-refractivity contribution in [3.8, 4) is 5.75 Å². The maximum Gasteiger partial charge on any atom is 0.211 e. The van der Waals surface area contributed by atoms with Crippen molar-refractivity contribution in [2.24, 2.45) is 0 Å². The molecule has 0 spiro atoms. The number of sulfonamides is 1. The van der Waals surface area contributed by atoms with Crippen molar-refractivity contribution in [1.29, 1.82) is 0 Å². The van der Waals surface area contributed by atoms with Gasteiger partial charge in [0.2, 0.25) is 10.0 Å². The van der Waals surface area contributed by atoms with Crippen molar-refractivity contribution in [3.05, 3.63) is 29.8 Å². The van der Waals surface area contributed by atoms with Crippen molar-refractivity contribution < 1.29 is 32.1 Å². The average molecular weight is 420 g/mol. The lowest BCUT2D eigenvalue weighted by Gasteiger charge is -2.47. The largest absolute Gasteiger partial charge is 0.490 e. The molecule has 0 bridgehead atoms. The quantitative estimate of drug-likeness (QED) is 0.724. The number of nitrogens with zero attached hydrogens (tertiary/aromatic N) is 2. The van der Waals surface area contributed by atoms with Crippen LogP contribution < -0.4 is 4.74 Å². The van der Waals surface area contributed by atoms with E-state index in [-0.39, 0.29) is 24.9 Å². The number of benzene rings is 1. The Morgan fingerprint density at radius 2 is 1.75 bits per heavy atom. The van der Waals surface area contributed by atoms with Crippen LogP contribution in [0.2, 0.25) is 0 Å². The van der Waals surface area contributed by atoms with Crippen LogP contribution in [0.3, 0.4) is 0 Å². The molecule has 2 heterocycles. The fraction of sp³-hybridized carbons (Fsp3) is 0.667. The van der Waals surface area contributed by atoms with Gasteiger partial charge in [0.05, 0.1) is 12.4 Å². The molecular weight excluding hydrogens is 394 g/mol. The van der Waals surface area contributed by atoms with Gasteiger partial charge in [-0.25, -0.2) is 21.5 Å². The number of rotatable bonds is 5. The Morgan fingerprint density at radius 3 is 2.32 bits per heavy atom. The lowest BCUT2D eigenvalue weighted by atomic mass is 9.88. The molecule has 2 atom stereocenters. The highest BCUT2D eigenvalue weighted by atomic mass is 32.2. The Kier molecular flexibility index (Phi) is 6.26. The molecule has 1 aromatic carbocycles. The Labute approximate surface area is 163 Å². The number of likely N-dealkylation sites (tertiary alicyclic amines) is 1. The lowest BCUT2D eigenvalue weighted by molar-refractivity contribution is -0.147. The zero-order valence-electron chi connectivity index (χ0n) is 15.7. The summed E-state index contributed by atoms with van der Waals surface area (Å²) in [6.07, 6.45) is 1.75. The number of aliphatic hydroxyl groups is 2. The third kappa shape index (κ3) is 4.98. The predicted octanol–water partition coefficient (Wildman–Crippen LogP) is 0.565. The van der Waals surface area contributed by atoms with Crippen LogP contribution in [0.25, 0.3) is 0 Å². The molecule has 10 heteroatoms. The van der Waals surface area contributed by atoms with E-state index in [2.05, 4.69) is 0 Å². The highest BCUT2D eigenvalue weighted by Crippen LogP contribution is 2.28. The third-order valence-corrected chi connectivity index (χ3v) is 6.82. The number of hydrogen-bond donors (Lipinski definition) is 2. The zero-order valence-corrected chi connectivity index (χ0v) is 16.5. The molecule has 0 radical (unpaired) electrons. The maximum atomic E-state index is 13.3. The molecule has 2 N–H and O–H groups in total. The predicted molar refractivity (Wildman–Crippen MR) is 98.4 cm³/mol. The summed E-state index contributed by atoms with van der Waals surface area (Å²) in [4.78, 5) is 2.03. The maximum absolute atomic E-state index is 13.3. The first-order valence-corrected chi connectivity index (χ1v) is 11.1. The van der Waals surface area contributed by atoms with Crippen LogP contribution >= 0.6 is 0 Å². The van der Waals surface area contributed by atoms with Gasteiger partial charge in [-0.15, -0.1) is 0 Å². The van der Waals surface area contributed by atoms with Gasteiger partial charge in [-0.3, -0.25) is 4.90 Å². The van der Waals surface area contributed by atoms with Crippen molar-refractivity contribution in [1.82, 2.24) is 9.21 Å². The van der Waals surface area contributed by atoms with Crippen molar-refractivity contribution in [2.45, 2.75) is 37.0 Å². The van der Waals surface area contributed by atoms with Crippen LogP contribution in [0.1, 0.15) is 19.3 Å². The number of halogens is 2. The average Bonchev–Trinajstić information content (AvgIpc) is 2.61. The fourth-order valence-electron chi connectivity index (χ4n) is 3.91. The zero-order chi connectivity index (χ0) is 20.5. The number of piperidine rings is 2. The van der Waals surface area contributed by atoms with Crippen LogP contribution in [0.5, 0.6) is 5.75 Å². The second kappa shape index (κ2) is 8.19. The molecule has 2 fully saturated rings. The van der Waals surface area contributed by atoms with E-state index in [0.29, 0.717) is 38.9 Å². The van der Waals surface area contributed by atoms with Gasteiger partial charge < -0.3 is 14.9 Å². The minimum atomic E-state index is -3.21. The van der Waals surface area contributed by atoms with Crippen LogP contribution in [0, 0.1) is 11.6 Å². The molecule has 2 aliphatic heterocycles. The van der Waals surface area contributed by atoms with Crippen LogP contribution in [0.4, 0.5) is 8.78 Å². The fourth-order valence-corrected chi connectivity index (χ4v) is 4.78. The van der Waals surface area contributed by atoms with E-state index in [1.54, 1.807) is 0 Å². The summed E-state index contributed by atoms with van der Waals surface area (Å²) >= 11 is 0. The molecule has 2 saturated heterocycles. The number of aliphatic hydroxyl groups excluding tert-OH is 1. The van der Waals surface area contributed by atoms with Gasteiger partial charge in [0.15, 0.2) is 0 Å². The molecule has 0 aromatic heterocycles. The normalized spacial score (nSPS) is 28.4. The summed E-state index contributed by atoms with van der Waals surface area (Å²) in [7, 11) is -3.21. The summed E-state index contributed by atoms with van der Waals surface area (Å²) < 4.78 is 56.7. The molecule has 0 unspecified atom stereocenters. The first-order chi connectivity index (χ1) is 13.1. The monoisotopic (exact) mass is 420 g/mol. The summed E-state index contributed by atoms with van der Waals surface area (Å²) in [5.41, 5.74) is -1.59. The molecule has 158 valence electrons. The minimum Gasteiger partial charge on any atom is -0.490 e. The minimum absolute atomic E-state index is 0.0586. The highest BCUT2D eigenvalue weighted by Gasteiger charge is 2.44. The first kappa shape index (κ1) is 21.4. The van der Waals surface area contributed by atoms with Gasteiger partial charge in [0.25, 0.3) is 0 Å². The van der Waals surface area contributed by atoms with E-state index in [1.165, 1.54) is 10.6 Å². The Hall–Kier alpha value is -1.33. The standard InChI is InChI=1S/C18H26F2N2O5S/c1-28(25,26)22-6-2-15(3-7-22)21-5-4-17(23)18(24,11-21)12-27-16-9-13(19)8-14(20)10-16/h8-10,15,17,23-24H,2-7,11-12H2,1H3/t17-,18-/m0/s1. The van der Waals surface area contributed by atoms with E-state index in [4.69, 9.17) is 4.74 Å². The molecule has 1 aromatic rings. The number of ether oxygens (including phenoxy) is 1. The van der Waals surface area contributed by atoms with Crippen molar-refractivity contribution >= 4 is 10.0 Å². The molecular formula is C18H26F2N2O5S. The van der Waals surface area contributed by atoms with Crippen LogP contribution in [-0.2, 0) is 10.0 Å². The molecule has 0 amide bonds. The van der Waals surface area contributed by atoms with Gasteiger partial charge in [0, 0.05) is 50.4 Å². The van der Waals surface area contributed by atoms with E-state index in [9.17, 15) is 27.4 Å². The number of hydrogen-bond acceptors (Lipinski definition) is 6. The van der Waals surface area contributed by atoms with Crippen molar-refractivity contribution in [3.63, 3.8) is 0 Å². The van der Waals surface area contributed by atoms with E-state index in [0.717, 1.165) is 18.2 Å². The summed E-state index contributed by atoms with van der Waals surface area (Å²) in [6.45, 7) is 1.23. The Balaban J connectivity index is 1.62. The molecule has 3 rings (SSSR count). The van der Waals surface area contributed by atoms with E-state index >= 15 is 0 Å². The van der Waals surface area contributed by atoms with Crippen molar-refractivity contribution in [2.75, 3.05) is 39.0 Å². The van der Waals surface area contributed by atoms with E-state index < -0.39 is 33.4 Å². The van der Waals surface area contributed by atoms with Gasteiger partial charge in [-0.05, 0) is 19.3 Å². The van der Waals surface area contributed by atoms with E-state index in [1.807, 2.05) is 4.90 Å². The molecule has 28 heavy (non-hydrogen) atoms. The second-order valence-electron chi connectivity index (χ2n) is 7.67. The van der Waals surface area contributed by atoms with Crippen LogP contribution in [-0.4, -0.2) is 84.6 Å². The smallest absolute Gasteiger partial charge is 0.211 e.